The number of benzene rings is 1. The van der Waals surface area contributed by atoms with Crippen LogP contribution < -0.4 is 4.72 Å². The molecule has 0 aliphatic rings. The standard InChI is InChI=1S/C9H6ClN5O2S/c10-7-2-1-6(4-11)8(3-7)18(16,17)15-9-12-5-13-14-9/h1-3,5H,(H2,12,13,14,15). The van der Waals surface area contributed by atoms with E-state index in [-0.39, 0.29) is 21.4 Å². The average molecular weight is 284 g/mol. The third kappa shape index (κ3) is 2.42. The summed E-state index contributed by atoms with van der Waals surface area (Å²) in [4.78, 5) is 3.42. The van der Waals surface area contributed by atoms with Crippen molar-refractivity contribution in [3.05, 3.63) is 35.1 Å². The lowest BCUT2D eigenvalue weighted by Crippen LogP contribution is -2.15. The Morgan fingerprint density at radius 2 is 2.22 bits per heavy atom. The average Bonchev–Trinajstić information content (AvgIpc) is 2.81. The normalized spacial score (nSPS) is 10.9. The first kappa shape index (κ1) is 12.3. The minimum Gasteiger partial charge on any atom is -0.248 e. The van der Waals surface area contributed by atoms with Crippen LogP contribution in [-0.4, -0.2) is 23.6 Å². The van der Waals surface area contributed by atoms with E-state index in [1.54, 1.807) is 6.07 Å². The molecule has 1 aromatic carbocycles. The van der Waals surface area contributed by atoms with Crippen LogP contribution in [0, 0.1) is 11.3 Å². The van der Waals surface area contributed by atoms with Crippen LogP contribution in [0.1, 0.15) is 5.56 Å². The van der Waals surface area contributed by atoms with E-state index in [0.717, 1.165) is 6.33 Å². The molecule has 2 rings (SSSR count). The van der Waals surface area contributed by atoms with Crippen LogP contribution in [0.4, 0.5) is 5.95 Å². The molecule has 1 aromatic heterocycles. The number of aromatic nitrogens is 3. The molecule has 2 N–H and O–H groups in total. The van der Waals surface area contributed by atoms with Crippen molar-refractivity contribution in [2.45, 2.75) is 4.90 Å². The number of anilines is 1. The minimum atomic E-state index is -3.94. The molecular weight excluding hydrogens is 278 g/mol. The van der Waals surface area contributed by atoms with Crippen molar-refractivity contribution in [1.82, 2.24) is 15.2 Å². The number of sulfonamides is 1. The van der Waals surface area contributed by atoms with Gasteiger partial charge in [-0.05, 0) is 18.2 Å². The Morgan fingerprint density at radius 1 is 1.44 bits per heavy atom. The molecule has 0 spiro atoms. The zero-order valence-electron chi connectivity index (χ0n) is 8.75. The fourth-order valence-electron chi connectivity index (χ4n) is 1.25. The van der Waals surface area contributed by atoms with Crippen LogP contribution >= 0.6 is 11.6 Å². The number of nitrogens with zero attached hydrogens (tertiary/aromatic N) is 3. The van der Waals surface area contributed by atoms with E-state index < -0.39 is 10.0 Å². The number of hydrogen-bond acceptors (Lipinski definition) is 5. The highest BCUT2D eigenvalue weighted by molar-refractivity contribution is 7.92. The Balaban J connectivity index is 2.48. The highest BCUT2D eigenvalue weighted by atomic mass is 35.5. The second-order valence-electron chi connectivity index (χ2n) is 3.19. The molecule has 0 saturated carbocycles. The zero-order valence-corrected chi connectivity index (χ0v) is 10.3. The van der Waals surface area contributed by atoms with E-state index in [0.29, 0.717) is 0 Å². The first-order chi connectivity index (χ1) is 8.53. The highest BCUT2D eigenvalue weighted by Crippen LogP contribution is 2.21. The summed E-state index contributed by atoms with van der Waals surface area (Å²) in [6, 6.07) is 5.75. The second-order valence-corrected chi connectivity index (χ2v) is 5.28. The van der Waals surface area contributed by atoms with E-state index in [2.05, 4.69) is 19.9 Å². The Labute approximate surface area is 107 Å². The number of rotatable bonds is 3. The Bertz CT molecular complexity index is 705. The number of hydrogen-bond donors (Lipinski definition) is 2. The van der Waals surface area contributed by atoms with Gasteiger partial charge >= 0.3 is 0 Å². The largest absolute Gasteiger partial charge is 0.265 e. The van der Waals surface area contributed by atoms with Gasteiger partial charge in [-0.25, -0.2) is 18.2 Å². The highest BCUT2D eigenvalue weighted by Gasteiger charge is 2.20. The maximum Gasteiger partial charge on any atom is 0.265 e. The predicted octanol–water partition coefficient (Wildman–Crippen LogP) is 1.13. The van der Waals surface area contributed by atoms with Gasteiger partial charge in [-0.1, -0.05) is 11.6 Å². The first-order valence-corrected chi connectivity index (χ1v) is 6.47. The van der Waals surface area contributed by atoms with Crippen molar-refractivity contribution >= 4 is 27.6 Å². The van der Waals surface area contributed by atoms with Crippen LogP contribution in [0.15, 0.2) is 29.4 Å². The molecule has 7 nitrogen and oxygen atoms in total. The number of halogens is 1. The summed E-state index contributed by atoms with van der Waals surface area (Å²) < 4.78 is 26.2. The molecule has 0 bridgehead atoms. The zero-order chi connectivity index (χ0) is 13.2. The lowest BCUT2D eigenvalue weighted by atomic mass is 10.2. The number of aromatic amines is 1. The van der Waals surface area contributed by atoms with Gasteiger partial charge in [0.05, 0.1) is 5.56 Å². The third-order valence-electron chi connectivity index (χ3n) is 2.00. The summed E-state index contributed by atoms with van der Waals surface area (Å²) in [6.07, 6.45) is 1.15. The first-order valence-electron chi connectivity index (χ1n) is 4.61. The van der Waals surface area contributed by atoms with Gasteiger partial charge < -0.3 is 0 Å². The van der Waals surface area contributed by atoms with E-state index in [9.17, 15) is 8.42 Å². The second kappa shape index (κ2) is 4.64. The predicted molar refractivity (Wildman–Crippen MR) is 63.4 cm³/mol. The molecule has 0 aliphatic carbocycles. The molecule has 0 amide bonds. The maximum absolute atomic E-state index is 12.0. The van der Waals surface area contributed by atoms with Crippen LogP contribution in [0.25, 0.3) is 0 Å². The van der Waals surface area contributed by atoms with Gasteiger partial charge in [0.15, 0.2) is 0 Å². The van der Waals surface area contributed by atoms with Gasteiger partial charge in [0.1, 0.15) is 17.3 Å². The molecule has 0 atom stereocenters. The van der Waals surface area contributed by atoms with Crippen molar-refractivity contribution < 1.29 is 8.42 Å². The van der Waals surface area contributed by atoms with Crippen molar-refractivity contribution in [2.24, 2.45) is 0 Å². The lowest BCUT2D eigenvalue weighted by molar-refractivity contribution is 0.600. The van der Waals surface area contributed by atoms with Crippen molar-refractivity contribution in [3.63, 3.8) is 0 Å². The fraction of sp³-hybridized carbons (Fsp3) is 0. The van der Waals surface area contributed by atoms with Gasteiger partial charge in [0.25, 0.3) is 10.0 Å². The molecule has 0 aliphatic heterocycles. The fourth-order valence-corrected chi connectivity index (χ4v) is 2.63. The molecule has 1 heterocycles. The monoisotopic (exact) mass is 283 g/mol. The molecule has 2 aromatic rings. The SMILES string of the molecule is N#Cc1ccc(Cl)cc1S(=O)(=O)Nc1ncn[nH]1. The van der Waals surface area contributed by atoms with E-state index in [4.69, 9.17) is 16.9 Å². The molecule has 18 heavy (non-hydrogen) atoms. The summed E-state index contributed by atoms with van der Waals surface area (Å²) in [6.45, 7) is 0. The molecule has 0 radical (unpaired) electrons. The molecule has 0 unspecified atom stereocenters. The van der Waals surface area contributed by atoms with Gasteiger partial charge in [0.2, 0.25) is 5.95 Å². The maximum atomic E-state index is 12.0. The number of nitrogens with one attached hydrogen (secondary N) is 2. The van der Waals surface area contributed by atoms with Gasteiger partial charge in [-0.3, -0.25) is 0 Å². The summed E-state index contributed by atoms with van der Waals surface area (Å²) in [5, 5.41) is 14.9. The summed E-state index contributed by atoms with van der Waals surface area (Å²) in [7, 11) is -3.94. The molecule has 0 saturated heterocycles. The van der Waals surface area contributed by atoms with Crippen molar-refractivity contribution in [1.29, 1.82) is 5.26 Å². The summed E-state index contributed by atoms with van der Waals surface area (Å²) in [5.41, 5.74) is -0.00795. The summed E-state index contributed by atoms with van der Waals surface area (Å²) >= 11 is 5.72. The molecule has 0 fully saturated rings. The third-order valence-corrected chi connectivity index (χ3v) is 3.61. The molecule has 92 valence electrons. The Hall–Kier alpha value is -2.11. The van der Waals surface area contributed by atoms with Crippen molar-refractivity contribution in [3.8, 4) is 6.07 Å². The smallest absolute Gasteiger partial charge is 0.248 e. The van der Waals surface area contributed by atoms with Crippen molar-refractivity contribution in [2.75, 3.05) is 4.72 Å². The van der Waals surface area contributed by atoms with Crippen LogP contribution in [0.2, 0.25) is 5.02 Å². The number of nitriles is 1. The van der Waals surface area contributed by atoms with Crippen LogP contribution in [0.3, 0.4) is 0 Å². The lowest BCUT2D eigenvalue weighted by Gasteiger charge is -2.06. The van der Waals surface area contributed by atoms with E-state index in [1.807, 2.05) is 0 Å². The van der Waals surface area contributed by atoms with E-state index >= 15 is 0 Å². The molecule has 9 heteroatoms. The van der Waals surface area contributed by atoms with Gasteiger partial charge in [0, 0.05) is 5.02 Å². The summed E-state index contributed by atoms with van der Waals surface area (Å²) in [5.74, 6) is -0.0427. The topological polar surface area (TPSA) is 112 Å². The quantitative estimate of drug-likeness (QED) is 0.877. The number of H-pyrrole nitrogens is 1. The molecular formula is C9H6ClN5O2S. The van der Waals surface area contributed by atoms with Crippen LogP contribution in [0.5, 0.6) is 0 Å². The Kier molecular flexibility index (Phi) is 3.18. The Morgan fingerprint density at radius 3 is 2.83 bits per heavy atom. The van der Waals surface area contributed by atoms with Crippen LogP contribution in [-0.2, 0) is 10.0 Å². The van der Waals surface area contributed by atoms with E-state index in [1.165, 1.54) is 18.2 Å². The minimum absolute atomic E-state index is 0.00795. The van der Waals surface area contributed by atoms with Gasteiger partial charge in [-0.2, -0.15) is 15.3 Å². The van der Waals surface area contributed by atoms with Gasteiger partial charge in [-0.15, -0.1) is 0 Å².